The Hall–Kier alpha value is -1.75. The van der Waals surface area contributed by atoms with Crippen LogP contribution >= 0.6 is 0 Å². The van der Waals surface area contributed by atoms with E-state index in [-0.39, 0.29) is 25.7 Å². The number of rotatable bonds is 26. The Bertz CT molecular complexity index is 671. The topological polar surface area (TPSA) is 171 Å². The molecule has 0 aliphatic heterocycles. The van der Waals surface area contributed by atoms with Crippen molar-refractivity contribution in [2.24, 2.45) is 0 Å². The van der Waals surface area contributed by atoms with E-state index >= 15 is 0 Å². The first kappa shape index (κ1) is 38.2. The summed E-state index contributed by atoms with van der Waals surface area (Å²) in [5.41, 5.74) is 0. The largest absolute Gasteiger partial charge is 0.481 e. The Labute approximate surface area is 240 Å². The first-order valence-corrected chi connectivity index (χ1v) is 15.3. The molecule has 0 saturated heterocycles. The van der Waals surface area contributed by atoms with Crippen LogP contribution in [0.5, 0.6) is 0 Å². The highest BCUT2D eigenvalue weighted by Gasteiger charge is 2.26. The van der Waals surface area contributed by atoms with Gasteiger partial charge < -0.3 is 35.0 Å². The predicted molar refractivity (Wildman–Crippen MR) is 152 cm³/mol. The van der Waals surface area contributed by atoms with E-state index in [2.05, 4.69) is 6.92 Å². The van der Waals surface area contributed by atoms with Crippen LogP contribution in [0, 0.1) is 0 Å². The zero-order valence-corrected chi connectivity index (χ0v) is 25.0. The minimum atomic E-state index is -1.18. The fourth-order valence-electron chi connectivity index (χ4n) is 4.65. The molecule has 10 nitrogen and oxygen atoms in total. The summed E-state index contributed by atoms with van der Waals surface area (Å²) in [4.78, 5) is 36.2. The summed E-state index contributed by atoms with van der Waals surface area (Å²) in [5, 5.41) is 50.2. The van der Waals surface area contributed by atoms with Gasteiger partial charge in [0, 0.05) is 12.8 Å². The third-order valence-corrected chi connectivity index (χ3v) is 6.83. The van der Waals surface area contributed by atoms with Gasteiger partial charge in [-0.15, -0.1) is 0 Å². The van der Waals surface area contributed by atoms with Crippen molar-refractivity contribution in [2.75, 3.05) is 0 Å². The van der Waals surface area contributed by atoms with Crippen molar-refractivity contribution in [1.82, 2.24) is 0 Å². The second-order valence-electron chi connectivity index (χ2n) is 11.0. The monoisotopic (exact) mass is 576 g/mol. The first-order chi connectivity index (χ1) is 19.0. The van der Waals surface area contributed by atoms with Gasteiger partial charge in [-0.2, -0.15) is 0 Å². The van der Waals surface area contributed by atoms with Crippen LogP contribution in [0.4, 0.5) is 0 Å². The molecule has 5 N–H and O–H groups in total. The summed E-state index contributed by atoms with van der Waals surface area (Å²) in [6, 6.07) is 0. The summed E-state index contributed by atoms with van der Waals surface area (Å²) in [7, 11) is 0. The molecule has 0 aliphatic carbocycles. The number of esters is 2. The van der Waals surface area contributed by atoms with E-state index in [0.29, 0.717) is 19.3 Å². The van der Waals surface area contributed by atoms with E-state index in [1.807, 2.05) is 13.8 Å². The highest BCUT2D eigenvalue weighted by Crippen LogP contribution is 2.19. The summed E-state index contributed by atoms with van der Waals surface area (Å²) in [5.74, 6) is -2.58. The van der Waals surface area contributed by atoms with Crippen molar-refractivity contribution in [3.05, 3.63) is 0 Å². The molecule has 0 saturated carbocycles. The fourth-order valence-corrected chi connectivity index (χ4v) is 4.65. The number of aliphatic hydroxyl groups is 4. The zero-order chi connectivity index (χ0) is 30.3. The van der Waals surface area contributed by atoms with Crippen LogP contribution in [0.1, 0.15) is 136 Å². The maximum Gasteiger partial charge on any atom is 0.308 e. The maximum atomic E-state index is 12.5. The van der Waals surface area contributed by atoms with Crippen LogP contribution in [-0.2, 0) is 23.9 Å². The van der Waals surface area contributed by atoms with Gasteiger partial charge in [-0.25, -0.2) is 0 Å². The molecule has 0 fully saturated rings. The summed E-state index contributed by atoms with van der Waals surface area (Å²) in [6.07, 6.45) is 3.28. The Balaban J connectivity index is 4.87. The average Bonchev–Trinajstić information content (AvgIpc) is 2.83. The third kappa shape index (κ3) is 22.0. The lowest BCUT2D eigenvalue weighted by molar-refractivity contribution is -0.157. The van der Waals surface area contributed by atoms with Crippen molar-refractivity contribution in [2.45, 2.75) is 173 Å². The van der Waals surface area contributed by atoms with E-state index in [1.165, 1.54) is 0 Å². The van der Waals surface area contributed by atoms with Gasteiger partial charge >= 0.3 is 17.9 Å². The second kappa shape index (κ2) is 23.9. The smallest absolute Gasteiger partial charge is 0.308 e. The van der Waals surface area contributed by atoms with Gasteiger partial charge in [-0.05, 0) is 32.1 Å². The van der Waals surface area contributed by atoms with Crippen molar-refractivity contribution < 1.29 is 49.4 Å². The number of carboxylic acid groups (broad SMARTS) is 1. The van der Waals surface area contributed by atoms with E-state index in [1.54, 1.807) is 0 Å². The first-order valence-electron chi connectivity index (χ1n) is 15.3. The Kier molecular flexibility index (Phi) is 22.9. The Morgan fingerprint density at radius 1 is 0.525 bits per heavy atom. The zero-order valence-electron chi connectivity index (χ0n) is 25.0. The van der Waals surface area contributed by atoms with Crippen LogP contribution in [-0.4, -0.2) is 80.1 Å². The van der Waals surface area contributed by atoms with Gasteiger partial charge in [0.2, 0.25) is 0 Å². The molecule has 0 spiro atoms. The number of aliphatic hydroxyl groups excluding tert-OH is 4. The van der Waals surface area contributed by atoms with Crippen molar-refractivity contribution in [1.29, 1.82) is 0 Å². The molecule has 0 unspecified atom stereocenters. The van der Waals surface area contributed by atoms with Gasteiger partial charge in [0.15, 0.2) is 0 Å². The van der Waals surface area contributed by atoms with Gasteiger partial charge in [-0.3, -0.25) is 14.4 Å². The standard InChI is InChI=1S/C30H56O10/c1-4-7-10-13-22(31)16-24(33)19-29(37)39-26(15-12-9-6-3)18-25(34)20-30(38)40-27(21-28(35)36)17-23(32)14-11-8-5-2/h22-27,31-34H,4-21H2,1-3H3,(H,35,36)/t22-,23-,24-,25-,26-,27-/m1/s1. The molecule has 0 radical (unpaired) electrons. The van der Waals surface area contributed by atoms with Gasteiger partial charge in [0.25, 0.3) is 0 Å². The Morgan fingerprint density at radius 2 is 0.925 bits per heavy atom. The van der Waals surface area contributed by atoms with Gasteiger partial charge in [0.1, 0.15) is 12.2 Å². The number of carbonyl (C=O) groups excluding carboxylic acids is 2. The second-order valence-corrected chi connectivity index (χ2v) is 11.0. The van der Waals surface area contributed by atoms with Crippen LogP contribution in [0.15, 0.2) is 0 Å². The minimum absolute atomic E-state index is 0.00470. The van der Waals surface area contributed by atoms with E-state index in [9.17, 15) is 34.8 Å². The lowest BCUT2D eigenvalue weighted by Crippen LogP contribution is -2.30. The van der Waals surface area contributed by atoms with E-state index < -0.39 is 67.4 Å². The normalized spacial score (nSPS) is 16.0. The number of hydrogen-bond acceptors (Lipinski definition) is 9. The lowest BCUT2D eigenvalue weighted by atomic mass is 10.0. The summed E-state index contributed by atoms with van der Waals surface area (Å²) < 4.78 is 10.8. The molecule has 0 aliphatic rings. The van der Waals surface area contributed by atoms with Crippen LogP contribution in [0.2, 0.25) is 0 Å². The maximum absolute atomic E-state index is 12.5. The van der Waals surface area contributed by atoms with Crippen molar-refractivity contribution in [3.8, 4) is 0 Å². The highest BCUT2D eigenvalue weighted by atomic mass is 16.6. The molecule has 10 heteroatoms. The molecular formula is C30H56O10. The van der Waals surface area contributed by atoms with Crippen molar-refractivity contribution >= 4 is 17.9 Å². The molecule has 0 aromatic carbocycles. The molecule has 40 heavy (non-hydrogen) atoms. The quantitative estimate of drug-likeness (QED) is 0.0733. The number of carbonyl (C=O) groups is 3. The predicted octanol–water partition coefficient (Wildman–Crippen LogP) is 4.42. The van der Waals surface area contributed by atoms with Gasteiger partial charge in [0.05, 0.1) is 43.7 Å². The molecule has 0 amide bonds. The summed E-state index contributed by atoms with van der Waals surface area (Å²) >= 11 is 0. The van der Waals surface area contributed by atoms with Gasteiger partial charge in [-0.1, -0.05) is 72.1 Å². The molecule has 0 heterocycles. The van der Waals surface area contributed by atoms with Crippen LogP contribution < -0.4 is 0 Å². The number of aliphatic carboxylic acids is 1. The molecule has 0 rings (SSSR count). The Morgan fingerprint density at radius 3 is 1.40 bits per heavy atom. The number of carboxylic acids is 1. The minimum Gasteiger partial charge on any atom is -0.481 e. The highest BCUT2D eigenvalue weighted by molar-refractivity contribution is 5.72. The molecule has 0 aromatic rings. The fraction of sp³-hybridized carbons (Fsp3) is 0.900. The van der Waals surface area contributed by atoms with Crippen LogP contribution in [0.25, 0.3) is 0 Å². The van der Waals surface area contributed by atoms with Crippen LogP contribution in [0.3, 0.4) is 0 Å². The molecule has 236 valence electrons. The number of unbranched alkanes of at least 4 members (excludes halogenated alkanes) is 6. The number of ether oxygens (including phenoxy) is 2. The van der Waals surface area contributed by atoms with E-state index in [0.717, 1.165) is 57.8 Å². The van der Waals surface area contributed by atoms with Crippen molar-refractivity contribution in [3.63, 3.8) is 0 Å². The lowest BCUT2D eigenvalue weighted by Gasteiger charge is -2.23. The number of hydrogen-bond donors (Lipinski definition) is 5. The molecule has 6 atom stereocenters. The molecule has 0 bridgehead atoms. The average molecular weight is 577 g/mol. The summed E-state index contributed by atoms with van der Waals surface area (Å²) in [6.45, 7) is 6.13. The molecular weight excluding hydrogens is 520 g/mol. The third-order valence-electron chi connectivity index (χ3n) is 6.83. The molecule has 0 aromatic heterocycles. The van der Waals surface area contributed by atoms with E-state index in [4.69, 9.17) is 14.6 Å². The SMILES string of the molecule is CCCCC[C@@H](O)C[C@@H](O)CC(=O)O[C@H](CCCCC)C[C@@H](O)CC(=O)O[C@@H](CC(=O)O)C[C@H](O)CCCCC.